The molecular weight excluding hydrogens is 356 g/mol. The number of hydrogen-bond donors (Lipinski definition) is 0. The molecule has 110 valence electrons. The van der Waals surface area contributed by atoms with E-state index in [1.54, 1.807) is 30.3 Å². The number of benzene rings is 2. The highest BCUT2D eigenvalue weighted by Crippen LogP contribution is 2.61. The number of hydrogen-bond acceptors (Lipinski definition) is 2. The summed E-state index contributed by atoms with van der Waals surface area (Å²) >= 11 is 17.5. The van der Waals surface area contributed by atoms with Crippen molar-refractivity contribution in [2.75, 3.05) is 4.78 Å². The molecule has 0 spiro atoms. The SMILES string of the molecule is O=P(Cl)(Cl)N(N=C(Cl)c1ccc(F)cc1)c1ccccc1. The molecule has 0 amide bonds. The Kier molecular flexibility index (Phi) is 5.28. The monoisotopic (exact) mass is 364 g/mol. The standard InChI is InChI=1S/C13H9Cl3FN2OP/c14-13(10-6-8-11(17)9-7-10)18-19(21(15,16)20)12-4-2-1-3-5-12/h1-9H. The van der Waals surface area contributed by atoms with Gasteiger partial charge in [0, 0.05) is 5.56 Å². The van der Waals surface area contributed by atoms with E-state index < -0.39 is 11.8 Å². The molecule has 3 nitrogen and oxygen atoms in total. The van der Waals surface area contributed by atoms with Gasteiger partial charge < -0.3 is 0 Å². The molecule has 0 fully saturated rings. The second-order valence-electron chi connectivity index (χ2n) is 3.96. The molecule has 2 aromatic carbocycles. The van der Waals surface area contributed by atoms with Gasteiger partial charge in [0.15, 0.2) is 5.17 Å². The zero-order chi connectivity index (χ0) is 15.5. The molecular formula is C13H9Cl3FN2OP. The molecule has 0 radical (unpaired) electrons. The highest BCUT2D eigenvalue weighted by molar-refractivity contribution is 8.09. The molecule has 2 rings (SSSR count). The lowest BCUT2D eigenvalue weighted by Crippen LogP contribution is -2.10. The second kappa shape index (κ2) is 6.80. The van der Waals surface area contributed by atoms with Crippen LogP contribution in [-0.4, -0.2) is 5.17 Å². The van der Waals surface area contributed by atoms with E-state index >= 15 is 0 Å². The number of rotatable bonds is 4. The number of hydrazone groups is 1. The zero-order valence-electron chi connectivity index (χ0n) is 10.5. The van der Waals surface area contributed by atoms with Gasteiger partial charge in [-0.1, -0.05) is 29.8 Å². The van der Waals surface area contributed by atoms with Crippen LogP contribution in [0.5, 0.6) is 0 Å². The van der Waals surface area contributed by atoms with E-state index in [2.05, 4.69) is 5.10 Å². The maximum atomic E-state index is 12.9. The minimum atomic E-state index is -3.75. The molecule has 21 heavy (non-hydrogen) atoms. The van der Waals surface area contributed by atoms with Gasteiger partial charge in [0.2, 0.25) is 0 Å². The lowest BCUT2D eigenvalue weighted by Gasteiger charge is -2.19. The molecule has 0 N–H and O–H groups in total. The van der Waals surface area contributed by atoms with Crippen LogP contribution in [-0.2, 0) is 4.57 Å². The Morgan fingerprint density at radius 3 is 2.14 bits per heavy atom. The van der Waals surface area contributed by atoms with Crippen LogP contribution in [0.3, 0.4) is 0 Å². The Labute approximate surface area is 135 Å². The molecule has 2 aromatic rings. The van der Waals surface area contributed by atoms with Crippen molar-refractivity contribution >= 4 is 50.9 Å². The topological polar surface area (TPSA) is 32.7 Å². The van der Waals surface area contributed by atoms with E-state index in [0.29, 0.717) is 11.3 Å². The van der Waals surface area contributed by atoms with Crippen molar-refractivity contribution < 1.29 is 8.96 Å². The summed E-state index contributed by atoms with van der Waals surface area (Å²) < 4.78 is 25.8. The van der Waals surface area contributed by atoms with Crippen LogP contribution >= 0.6 is 40.1 Å². The van der Waals surface area contributed by atoms with Gasteiger partial charge in [-0.25, -0.2) is 4.39 Å². The Morgan fingerprint density at radius 1 is 1.05 bits per heavy atom. The smallest absolute Gasteiger partial charge is 0.262 e. The second-order valence-corrected chi connectivity index (χ2v) is 8.83. The third kappa shape index (κ3) is 4.45. The highest BCUT2D eigenvalue weighted by atomic mass is 35.9. The molecule has 0 aliphatic rings. The molecule has 0 saturated carbocycles. The predicted molar refractivity (Wildman–Crippen MR) is 87.0 cm³/mol. The summed E-state index contributed by atoms with van der Waals surface area (Å²) in [4.78, 5) is 0. The van der Waals surface area contributed by atoms with Gasteiger partial charge >= 0.3 is 6.00 Å². The fourth-order valence-corrected chi connectivity index (χ4v) is 3.11. The van der Waals surface area contributed by atoms with Gasteiger partial charge in [0.05, 0.1) is 5.69 Å². The minimum absolute atomic E-state index is 0.0135. The lowest BCUT2D eigenvalue weighted by atomic mass is 10.2. The summed E-state index contributed by atoms with van der Waals surface area (Å²) in [6, 6.07) is 13.8. The van der Waals surface area contributed by atoms with Gasteiger partial charge in [-0.15, -0.1) is 0 Å². The van der Waals surface area contributed by atoms with Crippen LogP contribution in [0.15, 0.2) is 59.7 Å². The van der Waals surface area contributed by atoms with E-state index in [4.69, 9.17) is 34.1 Å². The summed E-state index contributed by atoms with van der Waals surface area (Å²) in [7, 11) is 0. The first-order valence-corrected chi connectivity index (χ1v) is 9.58. The van der Waals surface area contributed by atoms with Gasteiger partial charge in [0.1, 0.15) is 5.82 Å². The summed E-state index contributed by atoms with van der Waals surface area (Å²) in [6.07, 6.45) is 0. The molecule has 0 aliphatic heterocycles. The molecule has 0 unspecified atom stereocenters. The van der Waals surface area contributed by atoms with Crippen molar-refractivity contribution in [3.05, 3.63) is 66.0 Å². The van der Waals surface area contributed by atoms with E-state index in [1.807, 2.05) is 0 Å². The number of halogens is 4. The van der Waals surface area contributed by atoms with Gasteiger partial charge in [-0.2, -0.15) is 9.88 Å². The average Bonchev–Trinajstić information content (AvgIpc) is 2.45. The molecule has 0 heterocycles. The summed E-state index contributed by atoms with van der Waals surface area (Å²) in [5.41, 5.74) is 0.867. The highest BCUT2D eigenvalue weighted by Gasteiger charge is 2.26. The first-order valence-electron chi connectivity index (χ1n) is 5.73. The maximum Gasteiger partial charge on any atom is 0.365 e. The number of nitrogens with zero attached hydrogens (tertiary/aromatic N) is 2. The first kappa shape index (κ1) is 16.3. The van der Waals surface area contributed by atoms with E-state index in [0.717, 1.165) is 4.78 Å². The van der Waals surface area contributed by atoms with E-state index in [9.17, 15) is 8.96 Å². The molecule has 0 saturated heterocycles. The van der Waals surface area contributed by atoms with Crippen molar-refractivity contribution in [2.24, 2.45) is 5.10 Å². The Morgan fingerprint density at radius 2 is 1.62 bits per heavy atom. The minimum Gasteiger partial charge on any atom is -0.262 e. The maximum absolute atomic E-state index is 12.9. The van der Waals surface area contributed by atoms with Crippen molar-refractivity contribution in [2.45, 2.75) is 0 Å². The van der Waals surface area contributed by atoms with E-state index in [-0.39, 0.29) is 5.17 Å². The number of para-hydroxylation sites is 1. The van der Waals surface area contributed by atoms with Crippen molar-refractivity contribution in [3.8, 4) is 0 Å². The average molecular weight is 366 g/mol. The third-order valence-electron chi connectivity index (χ3n) is 2.47. The Hall–Kier alpha value is -1.06. The summed E-state index contributed by atoms with van der Waals surface area (Å²) in [6.45, 7) is 0. The van der Waals surface area contributed by atoms with Gasteiger partial charge in [-0.05, 0) is 58.9 Å². The Balaban J connectivity index is 2.41. The molecule has 0 aromatic heterocycles. The van der Waals surface area contributed by atoms with Crippen LogP contribution < -0.4 is 4.78 Å². The van der Waals surface area contributed by atoms with Crippen LogP contribution in [0.25, 0.3) is 0 Å². The van der Waals surface area contributed by atoms with E-state index in [1.165, 1.54) is 24.3 Å². The van der Waals surface area contributed by atoms with Crippen molar-refractivity contribution in [1.29, 1.82) is 0 Å². The third-order valence-corrected chi connectivity index (χ3v) is 4.39. The van der Waals surface area contributed by atoms with Crippen molar-refractivity contribution in [1.82, 2.24) is 0 Å². The first-order chi connectivity index (χ1) is 9.88. The molecule has 0 aliphatic carbocycles. The fraction of sp³-hybridized carbons (Fsp3) is 0. The summed E-state index contributed by atoms with van der Waals surface area (Å²) in [5, 5.41) is 3.97. The van der Waals surface area contributed by atoms with Gasteiger partial charge in [-0.3, -0.25) is 4.57 Å². The fourth-order valence-electron chi connectivity index (χ4n) is 1.53. The van der Waals surface area contributed by atoms with Crippen molar-refractivity contribution in [3.63, 3.8) is 0 Å². The Bertz CT molecular complexity index is 688. The van der Waals surface area contributed by atoms with Crippen LogP contribution in [0.4, 0.5) is 10.1 Å². The summed E-state index contributed by atoms with van der Waals surface area (Å²) in [5.74, 6) is -4.15. The van der Waals surface area contributed by atoms with Crippen LogP contribution in [0, 0.1) is 5.82 Å². The molecule has 0 atom stereocenters. The van der Waals surface area contributed by atoms with Gasteiger partial charge in [0.25, 0.3) is 0 Å². The molecule has 8 heteroatoms. The van der Waals surface area contributed by atoms with Crippen LogP contribution in [0.1, 0.15) is 5.56 Å². The van der Waals surface area contributed by atoms with Crippen LogP contribution in [0.2, 0.25) is 0 Å². The molecule has 0 bridgehead atoms. The normalized spacial score (nSPS) is 12.3. The zero-order valence-corrected chi connectivity index (χ0v) is 13.6. The number of anilines is 1. The quantitative estimate of drug-likeness (QED) is 0.388. The predicted octanol–water partition coefficient (Wildman–Crippen LogP) is 5.82. The lowest BCUT2D eigenvalue weighted by molar-refractivity contribution is 0.590. The largest absolute Gasteiger partial charge is 0.365 e.